The van der Waals surface area contributed by atoms with E-state index in [1.807, 2.05) is 61.5 Å². The normalized spacial score (nSPS) is 11.1. The van der Waals surface area contributed by atoms with Gasteiger partial charge < -0.3 is 0 Å². The number of thiol groups is 1. The van der Waals surface area contributed by atoms with Crippen LogP contribution in [0.25, 0.3) is 11.4 Å². The summed E-state index contributed by atoms with van der Waals surface area (Å²) in [6.45, 7) is 2.04. The predicted molar refractivity (Wildman–Crippen MR) is 86.9 cm³/mol. The van der Waals surface area contributed by atoms with Gasteiger partial charge in [-0.1, -0.05) is 54.6 Å². The average Bonchev–Trinajstić information content (AvgIpc) is 2.88. The Hall–Kier alpha value is -2.40. The second-order valence-electron chi connectivity index (χ2n) is 4.61. The predicted octanol–water partition coefficient (Wildman–Crippen LogP) is 3.42. The van der Waals surface area contributed by atoms with Crippen LogP contribution in [0.1, 0.15) is 11.1 Å². The summed E-state index contributed by atoms with van der Waals surface area (Å²) in [5.74, 6) is 0.685. The minimum absolute atomic E-state index is 0.459. The zero-order valence-corrected chi connectivity index (χ0v) is 12.4. The molecule has 5 heteroatoms. The average molecular weight is 294 g/mol. The maximum atomic E-state index is 4.44. The van der Waals surface area contributed by atoms with Gasteiger partial charge in [0.2, 0.25) is 5.16 Å². The smallest absolute Gasteiger partial charge is 0.187 e. The van der Waals surface area contributed by atoms with Crippen LogP contribution in [-0.4, -0.2) is 21.1 Å². The fourth-order valence-electron chi connectivity index (χ4n) is 2.03. The van der Waals surface area contributed by atoms with Crippen LogP contribution in [-0.2, 0) is 0 Å². The zero-order chi connectivity index (χ0) is 14.7. The van der Waals surface area contributed by atoms with E-state index in [1.165, 1.54) is 0 Å². The van der Waals surface area contributed by atoms with Gasteiger partial charge in [0.1, 0.15) is 0 Å². The fraction of sp³-hybridized carbons (Fsp3) is 0.0625. The SMILES string of the molecule is Cc1ccccc1-c1nnc(S)n1N=Cc1ccccc1. The summed E-state index contributed by atoms with van der Waals surface area (Å²) in [5.41, 5.74) is 3.12. The van der Waals surface area contributed by atoms with E-state index in [0.717, 1.165) is 16.7 Å². The van der Waals surface area contributed by atoms with Crippen molar-refractivity contribution in [2.24, 2.45) is 5.10 Å². The van der Waals surface area contributed by atoms with Crippen LogP contribution >= 0.6 is 12.6 Å². The maximum Gasteiger partial charge on any atom is 0.209 e. The lowest BCUT2D eigenvalue weighted by Crippen LogP contribution is -1.96. The van der Waals surface area contributed by atoms with E-state index in [1.54, 1.807) is 10.9 Å². The third-order valence-electron chi connectivity index (χ3n) is 3.13. The molecule has 1 aromatic heterocycles. The molecule has 0 bridgehead atoms. The van der Waals surface area contributed by atoms with Crippen LogP contribution in [0.15, 0.2) is 64.9 Å². The number of hydrogen-bond acceptors (Lipinski definition) is 4. The first-order valence-electron chi connectivity index (χ1n) is 6.55. The molecule has 0 aliphatic carbocycles. The summed E-state index contributed by atoms with van der Waals surface area (Å²) in [6.07, 6.45) is 1.77. The maximum absolute atomic E-state index is 4.44. The Bertz CT molecular complexity index is 778. The Morgan fingerprint density at radius 2 is 1.71 bits per heavy atom. The van der Waals surface area contributed by atoms with Gasteiger partial charge in [-0.3, -0.25) is 0 Å². The zero-order valence-electron chi connectivity index (χ0n) is 11.5. The van der Waals surface area contributed by atoms with Gasteiger partial charge in [-0.15, -0.1) is 22.8 Å². The monoisotopic (exact) mass is 294 g/mol. The van der Waals surface area contributed by atoms with E-state index >= 15 is 0 Å². The third kappa shape index (κ3) is 2.87. The van der Waals surface area contributed by atoms with E-state index in [-0.39, 0.29) is 0 Å². The highest BCUT2D eigenvalue weighted by atomic mass is 32.1. The molecule has 0 atom stereocenters. The van der Waals surface area contributed by atoms with Crippen molar-refractivity contribution in [3.63, 3.8) is 0 Å². The van der Waals surface area contributed by atoms with Crippen molar-refractivity contribution in [3.8, 4) is 11.4 Å². The lowest BCUT2D eigenvalue weighted by Gasteiger charge is -2.04. The molecule has 0 saturated heterocycles. The van der Waals surface area contributed by atoms with E-state index in [2.05, 4.69) is 27.9 Å². The molecule has 0 spiro atoms. The minimum atomic E-state index is 0.459. The van der Waals surface area contributed by atoms with Crippen molar-refractivity contribution in [1.29, 1.82) is 0 Å². The lowest BCUT2D eigenvalue weighted by molar-refractivity contribution is 0.776. The summed E-state index contributed by atoms with van der Waals surface area (Å²) < 4.78 is 1.64. The van der Waals surface area contributed by atoms with Crippen LogP contribution in [0.4, 0.5) is 0 Å². The number of nitrogens with zero attached hydrogens (tertiary/aromatic N) is 4. The van der Waals surface area contributed by atoms with E-state index in [0.29, 0.717) is 11.0 Å². The molecule has 0 fully saturated rings. The molecule has 0 unspecified atom stereocenters. The molecule has 0 aliphatic heterocycles. The first-order valence-corrected chi connectivity index (χ1v) is 7.00. The molecule has 4 nitrogen and oxygen atoms in total. The summed E-state index contributed by atoms with van der Waals surface area (Å²) in [5, 5.41) is 13.1. The van der Waals surface area contributed by atoms with E-state index in [4.69, 9.17) is 0 Å². The van der Waals surface area contributed by atoms with Gasteiger partial charge in [0, 0.05) is 5.56 Å². The van der Waals surface area contributed by atoms with Crippen molar-refractivity contribution in [2.75, 3.05) is 0 Å². The van der Waals surface area contributed by atoms with Crippen LogP contribution in [0, 0.1) is 6.92 Å². The highest BCUT2D eigenvalue weighted by Crippen LogP contribution is 2.23. The van der Waals surface area contributed by atoms with Crippen LogP contribution in [0.2, 0.25) is 0 Å². The first-order chi connectivity index (χ1) is 10.3. The number of benzene rings is 2. The minimum Gasteiger partial charge on any atom is -0.187 e. The molecule has 21 heavy (non-hydrogen) atoms. The number of aryl methyl sites for hydroxylation is 1. The molecule has 0 saturated carbocycles. The summed E-state index contributed by atoms with van der Waals surface area (Å²) in [4.78, 5) is 0. The topological polar surface area (TPSA) is 43.1 Å². The highest BCUT2D eigenvalue weighted by molar-refractivity contribution is 7.80. The summed E-state index contributed by atoms with van der Waals surface area (Å²) in [7, 11) is 0. The second kappa shape index (κ2) is 5.93. The number of rotatable bonds is 3. The summed E-state index contributed by atoms with van der Waals surface area (Å²) in [6, 6.07) is 17.9. The molecule has 3 aromatic rings. The van der Waals surface area contributed by atoms with Crippen molar-refractivity contribution >= 4 is 18.8 Å². The second-order valence-corrected chi connectivity index (χ2v) is 5.01. The molecular formula is C16H14N4S. The van der Waals surface area contributed by atoms with Crippen molar-refractivity contribution in [2.45, 2.75) is 12.1 Å². The molecule has 0 radical (unpaired) electrons. The number of hydrogen-bond donors (Lipinski definition) is 1. The summed E-state index contributed by atoms with van der Waals surface area (Å²) >= 11 is 4.33. The molecule has 2 aromatic carbocycles. The van der Waals surface area contributed by atoms with Gasteiger partial charge in [0.15, 0.2) is 5.82 Å². The van der Waals surface area contributed by atoms with Gasteiger partial charge in [0.25, 0.3) is 0 Å². The first kappa shape index (κ1) is 13.6. The standard InChI is InChI=1S/C16H14N4S/c1-12-7-5-6-10-14(12)15-18-19-16(21)20(15)17-11-13-8-3-2-4-9-13/h2-11H,1H3,(H,19,21). The van der Waals surface area contributed by atoms with Crippen LogP contribution in [0.5, 0.6) is 0 Å². The Morgan fingerprint density at radius 3 is 2.48 bits per heavy atom. The number of aromatic nitrogens is 3. The Labute approximate surface area is 128 Å². The highest BCUT2D eigenvalue weighted by Gasteiger charge is 2.12. The lowest BCUT2D eigenvalue weighted by atomic mass is 10.1. The Balaban J connectivity index is 2.02. The van der Waals surface area contributed by atoms with Crippen LogP contribution in [0.3, 0.4) is 0 Å². The molecule has 104 valence electrons. The van der Waals surface area contributed by atoms with Crippen molar-refractivity contribution in [1.82, 2.24) is 14.9 Å². The molecule has 0 amide bonds. The van der Waals surface area contributed by atoms with E-state index in [9.17, 15) is 0 Å². The van der Waals surface area contributed by atoms with Gasteiger partial charge in [-0.05, 0) is 18.1 Å². The van der Waals surface area contributed by atoms with Crippen molar-refractivity contribution < 1.29 is 0 Å². The quantitative estimate of drug-likeness (QED) is 0.594. The molecule has 3 rings (SSSR count). The molecule has 0 aliphatic rings. The Morgan fingerprint density at radius 1 is 1.00 bits per heavy atom. The molecule has 1 heterocycles. The van der Waals surface area contributed by atoms with Gasteiger partial charge >= 0.3 is 0 Å². The van der Waals surface area contributed by atoms with E-state index < -0.39 is 0 Å². The van der Waals surface area contributed by atoms with Gasteiger partial charge in [-0.25, -0.2) is 0 Å². The molecular weight excluding hydrogens is 280 g/mol. The fourth-order valence-corrected chi connectivity index (χ4v) is 2.22. The molecule has 0 N–H and O–H groups in total. The Kier molecular flexibility index (Phi) is 3.83. The third-order valence-corrected chi connectivity index (χ3v) is 3.41. The van der Waals surface area contributed by atoms with Crippen molar-refractivity contribution in [3.05, 3.63) is 65.7 Å². The largest absolute Gasteiger partial charge is 0.209 e. The van der Waals surface area contributed by atoms with Gasteiger partial charge in [0.05, 0.1) is 6.21 Å². The van der Waals surface area contributed by atoms with Gasteiger partial charge in [-0.2, -0.15) is 9.78 Å². The van der Waals surface area contributed by atoms with Crippen LogP contribution < -0.4 is 0 Å².